The second-order valence-corrected chi connectivity index (χ2v) is 5.33. The molecule has 0 unspecified atom stereocenters. The topological polar surface area (TPSA) is 20.2 Å². The molecule has 0 aliphatic heterocycles. The van der Waals surface area contributed by atoms with Gasteiger partial charge in [0.15, 0.2) is 0 Å². The zero-order valence-corrected chi connectivity index (χ0v) is 12.2. The van der Waals surface area contributed by atoms with Crippen LogP contribution in [-0.4, -0.2) is 11.3 Å². The minimum Gasteiger partial charge on any atom is -0.508 e. The summed E-state index contributed by atoms with van der Waals surface area (Å²) in [6, 6.07) is 6.37. The van der Waals surface area contributed by atoms with Gasteiger partial charge in [-0.25, -0.2) is 0 Å². The second kappa shape index (κ2) is 5.48. The third-order valence-electron chi connectivity index (χ3n) is 3.04. The van der Waals surface area contributed by atoms with Gasteiger partial charge in [0.25, 0.3) is 0 Å². The maximum atomic E-state index is 12.8. The van der Waals surface area contributed by atoms with Gasteiger partial charge in [-0.15, -0.1) is 0 Å². The first-order valence-electron chi connectivity index (χ1n) is 5.93. The Morgan fingerprint density at radius 1 is 1.15 bits per heavy atom. The lowest BCUT2D eigenvalue weighted by atomic mass is 10.0. The lowest BCUT2D eigenvalue weighted by molar-refractivity contribution is -0.0929. The van der Waals surface area contributed by atoms with Gasteiger partial charge in [0, 0.05) is 10.1 Å². The van der Waals surface area contributed by atoms with Crippen LogP contribution in [0.25, 0.3) is 5.57 Å². The van der Waals surface area contributed by atoms with Crippen LogP contribution in [0, 0.1) is 0 Å². The maximum absolute atomic E-state index is 12.8. The molecule has 0 fully saturated rings. The lowest BCUT2D eigenvalue weighted by Gasteiger charge is -2.08. The first-order chi connectivity index (χ1) is 9.29. The van der Waals surface area contributed by atoms with Crippen LogP contribution in [-0.2, 0) is 0 Å². The zero-order chi connectivity index (χ0) is 14.9. The molecule has 1 aliphatic rings. The molecule has 106 valence electrons. The molecule has 0 radical (unpaired) electrons. The standard InChI is InChI=1S/C15H12BrF3O/c1-9-8-11(15(17,18)19)4-7-13(14(9)16)10-2-5-12(20)6-3-10/h2-3,5-8,20H,4H2,1H3. The van der Waals surface area contributed by atoms with Gasteiger partial charge in [-0.1, -0.05) is 18.2 Å². The zero-order valence-electron chi connectivity index (χ0n) is 10.6. The summed E-state index contributed by atoms with van der Waals surface area (Å²) < 4.78 is 39.1. The Bertz CT molecular complexity index is 607. The smallest absolute Gasteiger partial charge is 0.413 e. The fourth-order valence-electron chi connectivity index (χ4n) is 1.98. The minimum absolute atomic E-state index is 0.119. The van der Waals surface area contributed by atoms with Crippen molar-refractivity contribution in [3.63, 3.8) is 0 Å². The summed E-state index contributed by atoms with van der Waals surface area (Å²) in [5, 5.41) is 9.27. The van der Waals surface area contributed by atoms with Crippen LogP contribution in [0.5, 0.6) is 5.75 Å². The summed E-state index contributed by atoms with van der Waals surface area (Å²) in [6.07, 6.45) is -1.79. The van der Waals surface area contributed by atoms with E-state index in [4.69, 9.17) is 0 Å². The highest BCUT2D eigenvalue weighted by molar-refractivity contribution is 9.12. The van der Waals surface area contributed by atoms with Gasteiger partial charge in [0.1, 0.15) is 5.75 Å². The van der Waals surface area contributed by atoms with Gasteiger partial charge >= 0.3 is 6.18 Å². The fraction of sp³-hybridized carbons (Fsp3) is 0.200. The number of benzene rings is 1. The summed E-state index contributed by atoms with van der Waals surface area (Å²) in [5.74, 6) is 0.119. The number of phenols is 1. The van der Waals surface area contributed by atoms with Crippen LogP contribution in [0.1, 0.15) is 18.9 Å². The van der Waals surface area contributed by atoms with Crippen molar-refractivity contribution in [3.05, 3.63) is 57.6 Å². The van der Waals surface area contributed by atoms with E-state index in [1.54, 1.807) is 25.1 Å². The van der Waals surface area contributed by atoms with Gasteiger partial charge in [0.2, 0.25) is 0 Å². The Morgan fingerprint density at radius 2 is 1.75 bits per heavy atom. The summed E-state index contributed by atoms with van der Waals surface area (Å²) in [4.78, 5) is 0. The van der Waals surface area contributed by atoms with Crippen molar-refractivity contribution in [3.8, 4) is 5.75 Å². The van der Waals surface area contributed by atoms with Crippen molar-refractivity contribution in [2.45, 2.75) is 19.5 Å². The molecular weight excluding hydrogens is 333 g/mol. The molecular formula is C15H12BrF3O. The average molecular weight is 345 g/mol. The Hall–Kier alpha value is -1.49. The van der Waals surface area contributed by atoms with Crippen molar-refractivity contribution >= 4 is 21.5 Å². The van der Waals surface area contributed by atoms with E-state index in [0.717, 1.165) is 11.6 Å². The fourth-order valence-corrected chi connectivity index (χ4v) is 2.49. The summed E-state index contributed by atoms with van der Waals surface area (Å²) in [6.45, 7) is 1.63. The second-order valence-electron chi connectivity index (χ2n) is 4.53. The Morgan fingerprint density at radius 3 is 2.30 bits per heavy atom. The van der Waals surface area contributed by atoms with E-state index in [9.17, 15) is 18.3 Å². The van der Waals surface area contributed by atoms with Crippen LogP contribution < -0.4 is 0 Å². The predicted molar refractivity (Wildman–Crippen MR) is 76.5 cm³/mol. The highest BCUT2D eigenvalue weighted by Crippen LogP contribution is 2.38. The van der Waals surface area contributed by atoms with Crippen LogP contribution in [0.4, 0.5) is 13.2 Å². The molecule has 1 aliphatic carbocycles. The van der Waals surface area contributed by atoms with Crippen LogP contribution in [0.2, 0.25) is 0 Å². The van der Waals surface area contributed by atoms with Gasteiger partial charge in [-0.3, -0.25) is 0 Å². The first kappa shape index (κ1) is 14.9. The van der Waals surface area contributed by atoms with E-state index < -0.39 is 11.7 Å². The molecule has 0 amide bonds. The highest BCUT2D eigenvalue weighted by atomic mass is 79.9. The Balaban J connectivity index is 2.45. The van der Waals surface area contributed by atoms with Crippen LogP contribution in [0.15, 0.2) is 52.0 Å². The van der Waals surface area contributed by atoms with Crippen LogP contribution in [0.3, 0.4) is 0 Å². The van der Waals surface area contributed by atoms with Crippen molar-refractivity contribution in [1.82, 2.24) is 0 Å². The third kappa shape index (κ3) is 3.15. The van der Waals surface area contributed by atoms with E-state index in [1.165, 1.54) is 12.1 Å². The molecule has 0 atom stereocenters. The highest BCUT2D eigenvalue weighted by Gasteiger charge is 2.33. The number of aromatic hydroxyl groups is 1. The molecule has 1 nitrogen and oxygen atoms in total. The molecule has 0 spiro atoms. The molecule has 0 bridgehead atoms. The number of rotatable bonds is 1. The average Bonchev–Trinajstić information content (AvgIpc) is 2.51. The number of hydrogen-bond acceptors (Lipinski definition) is 1. The lowest BCUT2D eigenvalue weighted by Crippen LogP contribution is -2.11. The van der Waals surface area contributed by atoms with E-state index >= 15 is 0 Å². The maximum Gasteiger partial charge on any atom is 0.413 e. The predicted octanol–water partition coefficient (Wildman–Crippen LogP) is 5.34. The first-order valence-corrected chi connectivity index (χ1v) is 6.72. The van der Waals surface area contributed by atoms with Gasteiger partial charge in [0.05, 0.1) is 0 Å². The van der Waals surface area contributed by atoms with Gasteiger partial charge < -0.3 is 5.11 Å². The third-order valence-corrected chi connectivity index (χ3v) is 4.09. The molecule has 0 aromatic heterocycles. The van der Waals surface area contributed by atoms with E-state index in [1.807, 2.05) is 0 Å². The number of hydrogen-bond donors (Lipinski definition) is 1. The quantitative estimate of drug-likeness (QED) is 0.729. The van der Waals surface area contributed by atoms with Gasteiger partial charge in [-0.05, 0) is 64.2 Å². The Kier molecular flexibility index (Phi) is 4.09. The monoisotopic (exact) mass is 344 g/mol. The minimum atomic E-state index is -4.32. The summed E-state index contributed by atoms with van der Waals surface area (Å²) in [5.41, 5.74) is 1.40. The summed E-state index contributed by atoms with van der Waals surface area (Å²) >= 11 is 3.36. The molecule has 0 saturated carbocycles. The number of phenolic OH excluding ortho intramolecular Hbond substituents is 1. The molecule has 20 heavy (non-hydrogen) atoms. The van der Waals surface area contributed by atoms with Gasteiger partial charge in [-0.2, -0.15) is 13.2 Å². The molecule has 0 saturated heterocycles. The number of halogens is 4. The Labute approximate surface area is 123 Å². The van der Waals surface area contributed by atoms with E-state index in [2.05, 4.69) is 15.9 Å². The summed E-state index contributed by atoms with van der Waals surface area (Å²) in [7, 11) is 0. The van der Waals surface area contributed by atoms with Crippen LogP contribution >= 0.6 is 15.9 Å². The largest absolute Gasteiger partial charge is 0.508 e. The normalized spacial score (nSPS) is 16.6. The molecule has 1 aromatic rings. The molecule has 0 heterocycles. The van der Waals surface area contributed by atoms with E-state index in [-0.39, 0.29) is 12.2 Å². The molecule has 1 N–H and O–H groups in total. The van der Waals surface area contributed by atoms with Crippen molar-refractivity contribution in [2.24, 2.45) is 0 Å². The SMILES string of the molecule is CC1=C(Br)C(c2ccc(O)cc2)=CCC(C(F)(F)F)=C1. The number of alkyl halides is 3. The van der Waals surface area contributed by atoms with Crippen molar-refractivity contribution in [1.29, 1.82) is 0 Å². The molecule has 5 heteroatoms. The van der Waals surface area contributed by atoms with E-state index in [0.29, 0.717) is 15.6 Å². The molecule has 1 aromatic carbocycles. The molecule has 2 rings (SSSR count). The van der Waals surface area contributed by atoms with Crippen molar-refractivity contribution in [2.75, 3.05) is 0 Å². The number of allylic oxidation sites excluding steroid dienone is 6. The van der Waals surface area contributed by atoms with Crippen molar-refractivity contribution < 1.29 is 18.3 Å².